The van der Waals surface area contributed by atoms with Crippen LogP contribution in [0.2, 0.25) is 0 Å². The molecule has 1 amide bonds. The number of nitrogens with zero attached hydrogens (tertiary/aromatic N) is 4. The molecule has 4 rings (SSSR count). The van der Waals surface area contributed by atoms with Crippen LogP contribution in [-0.4, -0.2) is 45.2 Å². The number of fused-ring (bicyclic) bond motifs is 1. The summed E-state index contributed by atoms with van der Waals surface area (Å²) < 4.78 is 2.36. The number of para-hydroxylation sites is 1. The fourth-order valence-electron chi connectivity index (χ4n) is 4.33. The standard InChI is InChI=1S/C21H29N5O/c1-16-8-4-5-10-18(16)22-20(27)15-25-12-7-9-17(14-25)21-24-23-19-11-3-2-6-13-26(19)21/h4-5,8,10,17H,2-3,6-7,9,11-15H2,1H3,(H,22,27). The van der Waals surface area contributed by atoms with Gasteiger partial charge in [0.25, 0.3) is 0 Å². The quantitative estimate of drug-likeness (QED) is 0.902. The van der Waals surface area contributed by atoms with Gasteiger partial charge in [0.2, 0.25) is 5.91 Å². The molecule has 1 aromatic heterocycles. The summed E-state index contributed by atoms with van der Waals surface area (Å²) in [6.45, 7) is 5.36. The highest BCUT2D eigenvalue weighted by Gasteiger charge is 2.28. The van der Waals surface area contributed by atoms with E-state index in [0.29, 0.717) is 12.5 Å². The van der Waals surface area contributed by atoms with Crippen LogP contribution in [0, 0.1) is 6.92 Å². The van der Waals surface area contributed by atoms with E-state index in [4.69, 9.17) is 0 Å². The smallest absolute Gasteiger partial charge is 0.238 e. The van der Waals surface area contributed by atoms with Crippen LogP contribution in [0.15, 0.2) is 24.3 Å². The Bertz CT molecular complexity index is 800. The van der Waals surface area contributed by atoms with Crippen LogP contribution in [0.1, 0.15) is 55.2 Å². The third-order valence-corrected chi connectivity index (χ3v) is 5.80. The number of hydrogen-bond donors (Lipinski definition) is 1. The molecule has 2 aliphatic rings. The molecule has 2 aliphatic heterocycles. The van der Waals surface area contributed by atoms with E-state index in [1.54, 1.807) is 0 Å². The Morgan fingerprint density at radius 2 is 2.04 bits per heavy atom. The van der Waals surface area contributed by atoms with Gasteiger partial charge in [-0.2, -0.15) is 0 Å². The molecule has 1 N–H and O–H groups in total. The van der Waals surface area contributed by atoms with Crippen LogP contribution in [0.3, 0.4) is 0 Å². The van der Waals surface area contributed by atoms with Crippen molar-refractivity contribution in [1.82, 2.24) is 19.7 Å². The summed E-state index contributed by atoms with van der Waals surface area (Å²) in [6, 6.07) is 7.92. The molecule has 1 fully saturated rings. The number of rotatable bonds is 4. The molecule has 0 radical (unpaired) electrons. The summed E-state index contributed by atoms with van der Waals surface area (Å²) in [5, 5.41) is 12.1. The normalized spacial score (nSPS) is 20.7. The van der Waals surface area contributed by atoms with Gasteiger partial charge in [0, 0.05) is 31.1 Å². The number of likely N-dealkylation sites (tertiary alicyclic amines) is 1. The van der Waals surface area contributed by atoms with Crippen LogP contribution in [-0.2, 0) is 17.8 Å². The Morgan fingerprint density at radius 3 is 2.93 bits per heavy atom. The molecule has 1 saturated heterocycles. The number of amides is 1. The van der Waals surface area contributed by atoms with Crippen LogP contribution in [0.4, 0.5) is 5.69 Å². The maximum absolute atomic E-state index is 12.5. The Kier molecular flexibility index (Phi) is 5.53. The van der Waals surface area contributed by atoms with E-state index < -0.39 is 0 Å². The third kappa shape index (κ3) is 4.21. The zero-order chi connectivity index (χ0) is 18.6. The lowest BCUT2D eigenvalue weighted by Crippen LogP contribution is -2.40. The van der Waals surface area contributed by atoms with Gasteiger partial charge in [-0.15, -0.1) is 10.2 Å². The lowest BCUT2D eigenvalue weighted by molar-refractivity contribution is -0.117. The summed E-state index contributed by atoms with van der Waals surface area (Å²) >= 11 is 0. The predicted octanol–water partition coefficient (Wildman–Crippen LogP) is 3.13. The molecule has 3 heterocycles. The number of piperidine rings is 1. The molecule has 27 heavy (non-hydrogen) atoms. The van der Waals surface area contributed by atoms with E-state index in [1.165, 1.54) is 19.3 Å². The van der Waals surface area contributed by atoms with Gasteiger partial charge in [-0.1, -0.05) is 24.6 Å². The van der Waals surface area contributed by atoms with Crippen molar-refractivity contribution in [3.63, 3.8) is 0 Å². The number of nitrogens with one attached hydrogen (secondary N) is 1. The van der Waals surface area contributed by atoms with Crippen molar-refractivity contribution in [3.05, 3.63) is 41.5 Å². The van der Waals surface area contributed by atoms with Crippen molar-refractivity contribution >= 4 is 11.6 Å². The summed E-state index contributed by atoms with van der Waals surface area (Å²) in [4.78, 5) is 14.8. The van der Waals surface area contributed by atoms with Crippen molar-refractivity contribution in [3.8, 4) is 0 Å². The number of aryl methyl sites for hydroxylation is 2. The summed E-state index contributed by atoms with van der Waals surface area (Å²) in [5.41, 5.74) is 1.99. The second-order valence-electron chi connectivity index (χ2n) is 7.87. The highest BCUT2D eigenvalue weighted by molar-refractivity contribution is 5.92. The molecule has 2 aromatic rings. The minimum absolute atomic E-state index is 0.0602. The van der Waals surface area contributed by atoms with Gasteiger partial charge in [-0.3, -0.25) is 9.69 Å². The summed E-state index contributed by atoms with van der Waals surface area (Å²) in [7, 11) is 0. The average molecular weight is 367 g/mol. The second kappa shape index (κ2) is 8.21. The van der Waals surface area contributed by atoms with Crippen LogP contribution >= 0.6 is 0 Å². The van der Waals surface area contributed by atoms with E-state index in [1.807, 2.05) is 31.2 Å². The monoisotopic (exact) mass is 367 g/mol. The number of carbonyl (C=O) groups excluding carboxylic acids is 1. The SMILES string of the molecule is Cc1ccccc1NC(=O)CN1CCCC(c2nnc3n2CCCCC3)C1. The zero-order valence-corrected chi connectivity index (χ0v) is 16.2. The van der Waals surface area contributed by atoms with Gasteiger partial charge in [0.1, 0.15) is 11.6 Å². The van der Waals surface area contributed by atoms with Crippen LogP contribution < -0.4 is 5.32 Å². The Hall–Kier alpha value is -2.21. The van der Waals surface area contributed by atoms with E-state index in [9.17, 15) is 4.79 Å². The fraction of sp³-hybridized carbons (Fsp3) is 0.571. The fourth-order valence-corrected chi connectivity index (χ4v) is 4.33. The molecular weight excluding hydrogens is 338 g/mol. The van der Waals surface area contributed by atoms with Crippen molar-refractivity contribution in [2.24, 2.45) is 0 Å². The minimum atomic E-state index is 0.0602. The number of benzene rings is 1. The second-order valence-corrected chi connectivity index (χ2v) is 7.87. The van der Waals surface area contributed by atoms with E-state index in [0.717, 1.165) is 61.8 Å². The topological polar surface area (TPSA) is 63.1 Å². The van der Waals surface area contributed by atoms with Gasteiger partial charge in [-0.05, 0) is 50.8 Å². The van der Waals surface area contributed by atoms with Gasteiger partial charge in [0.15, 0.2) is 0 Å². The van der Waals surface area contributed by atoms with Crippen molar-refractivity contribution in [2.75, 3.05) is 25.0 Å². The molecule has 1 unspecified atom stereocenters. The van der Waals surface area contributed by atoms with Crippen molar-refractivity contribution in [1.29, 1.82) is 0 Å². The van der Waals surface area contributed by atoms with Crippen LogP contribution in [0.5, 0.6) is 0 Å². The Labute approximate surface area is 161 Å². The zero-order valence-electron chi connectivity index (χ0n) is 16.2. The van der Waals surface area contributed by atoms with Gasteiger partial charge in [-0.25, -0.2) is 0 Å². The molecule has 6 nitrogen and oxygen atoms in total. The van der Waals surface area contributed by atoms with E-state index in [-0.39, 0.29) is 5.91 Å². The number of carbonyl (C=O) groups is 1. The summed E-state index contributed by atoms with van der Waals surface area (Å²) in [5.74, 6) is 2.72. The van der Waals surface area contributed by atoms with Crippen molar-refractivity contribution < 1.29 is 4.79 Å². The molecule has 0 bridgehead atoms. The maximum atomic E-state index is 12.5. The molecule has 0 spiro atoms. The van der Waals surface area contributed by atoms with Gasteiger partial charge in [0.05, 0.1) is 6.54 Å². The summed E-state index contributed by atoms with van der Waals surface area (Å²) in [6.07, 6.45) is 6.99. The van der Waals surface area contributed by atoms with Gasteiger partial charge < -0.3 is 9.88 Å². The average Bonchev–Trinajstić information content (AvgIpc) is 2.92. The highest BCUT2D eigenvalue weighted by atomic mass is 16.2. The lowest BCUT2D eigenvalue weighted by atomic mass is 9.97. The number of aromatic nitrogens is 3. The predicted molar refractivity (Wildman–Crippen MR) is 106 cm³/mol. The molecule has 1 atom stereocenters. The molecule has 1 aromatic carbocycles. The molecule has 144 valence electrons. The molecular formula is C21H29N5O. The number of anilines is 1. The lowest BCUT2D eigenvalue weighted by Gasteiger charge is -2.32. The Balaban J connectivity index is 1.39. The molecule has 6 heteroatoms. The number of hydrogen-bond acceptors (Lipinski definition) is 4. The third-order valence-electron chi connectivity index (χ3n) is 5.80. The maximum Gasteiger partial charge on any atom is 0.238 e. The van der Waals surface area contributed by atoms with Crippen molar-refractivity contribution in [2.45, 2.75) is 57.9 Å². The highest BCUT2D eigenvalue weighted by Crippen LogP contribution is 2.28. The first-order chi connectivity index (χ1) is 13.2. The van der Waals surface area contributed by atoms with E-state index >= 15 is 0 Å². The minimum Gasteiger partial charge on any atom is -0.325 e. The first-order valence-electron chi connectivity index (χ1n) is 10.2. The van der Waals surface area contributed by atoms with Gasteiger partial charge >= 0.3 is 0 Å². The molecule has 0 saturated carbocycles. The first-order valence-corrected chi connectivity index (χ1v) is 10.2. The first kappa shape index (κ1) is 18.2. The molecule has 0 aliphatic carbocycles. The van der Waals surface area contributed by atoms with E-state index in [2.05, 4.69) is 25.0 Å². The van der Waals surface area contributed by atoms with Crippen LogP contribution in [0.25, 0.3) is 0 Å². The Morgan fingerprint density at radius 1 is 1.15 bits per heavy atom. The largest absolute Gasteiger partial charge is 0.325 e.